The van der Waals surface area contributed by atoms with Crippen molar-refractivity contribution in [3.63, 3.8) is 0 Å². The molecule has 0 bridgehead atoms. The monoisotopic (exact) mass is 306 g/mol. The van der Waals surface area contributed by atoms with E-state index in [0.29, 0.717) is 6.54 Å². The topological polar surface area (TPSA) is 75.7 Å². The van der Waals surface area contributed by atoms with Crippen molar-refractivity contribution in [2.75, 3.05) is 45.3 Å². The fourth-order valence-electron chi connectivity index (χ4n) is 0.981. The first kappa shape index (κ1) is 18.0. The lowest BCUT2D eigenvalue weighted by Gasteiger charge is -2.16. The van der Waals surface area contributed by atoms with Crippen LogP contribution in [0.15, 0.2) is 0 Å². The molecule has 1 amide bonds. The molecule has 0 aliphatic heterocycles. The first-order valence-electron chi connectivity index (χ1n) is 5.33. The van der Waals surface area contributed by atoms with Crippen molar-refractivity contribution < 1.29 is 31.1 Å². The molecule has 1 N–H and O–H groups in total. The van der Waals surface area contributed by atoms with Crippen LogP contribution in [0.2, 0.25) is 0 Å². The molecule has 0 radical (unpaired) electrons. The normalized spacial score (nSPS) is 12.5. The lowest BCUT2D eigenvalue weighted by atomic mass is 10.5. The number of hydrogen-bond acceptors (Lipinski definition) is 5. The second-order valence-corrected chi connectivity index (χ2v) is 6.31. The van der Waals surface area contributed by atoms with Crippen molar-refractivity contribution in [2.45, 2.75) is 6.18 Å². The van der Waals surface area contributed by atoms with Gasteiger partial charge < -0.3 is 15.0 Å². The predicted octanol–water partition coefficient (Wildman–Crippen LogP) is 0.251. The average Bonchev–Trinajstić information content (AvgIpc) is 2.22. The highest BCUT2D eigenvalue weighted by Crippen LogP contribution is 2.14. The van der Waals surface area contributed by atoms with Gasteiger partial charge in [-0.05, 0) is 7.05 Å². The van der Waals surface area contributed by atoms with Gasteiger partial charge in [0.05, 0.1) is 5.75 Å². The summed E-state index contributed by atoms with van der Waals surface area (Å²) in [5.41, 5.74) is 0. The van der Waals surface area contributed by atoms with E-state index in [1.807, 2.05) is 0 Å². The zero-order valence-electron chi connectivity index (χ0n) is 10.7. The van der Waals surface area contributed by atoms with Gasteiger partial charge in [0.25, 0.3) is 0 Å². The fraction of sp³-hybridized carbons (Fsp3) is 0.889. The summed E-state index contributed by atoms with van der Waals surface area (Å²) < 4.78 is 60.8. The Balaban J connectivity index is 3.70. The van der Waals surface area contributed by atoms with Crippen molar-refractivity contribution >= 4 is 15.9 Å². The van der Waals surface area contributed by atoms with Crippen LogP contribution in [0.5, 0.6) is 0 Å². The first-order chi connectivity index (χ1) is 8.49. The maximum absolute atomic E-state index is 11.7. The zero-order valence-corrected chi connectivity index (χ0v) is 11.5. The van der Waals surface area contributed by atoms with Gasteiger partial charge in [0, 0.05) is 25.9 Å². The van der Waals surface area contributed by atoms with Gasteiger partial charge in [-0.1, -0.05) is 0 Å². The average molecular weight is 306 g/mol. The number of alkyl carbamates (subject to hydrolysis) is 1. The number of hydrogen-bond donors (Lipinski definition) is 1. The molecule has 0 unspecified atom stereocenters. The Morgan fingerprint density at radius 2 is 1.89 bits per heavy atom. The van der Waals surface area contributed by atoms with Gasteiger partial charge in [0.1, 0.15) is 9.84 Å². The summed E-state index contributed by atoms with van der Waals surface area (Å²) in [5, 5.41) is 2.13. The number of halogens is 3. The summed E-state index contributed by atoms with van der Waals surface area (Å²) in [6, 6.07) is 0. The Hall–Kier alpha value is -1.03. The van der Waals surface area contributed by atoms with E-state index >= 15 is 0 Å². The Kier molecular flexibility index (Phi) is 7.12. The Bertz CT molecular complexity index is 383. The Morgan fingerprint density at radius 1 is 1.32 bits per heavy atom. The summed E-state index contributed by atoms with van der Waals surface area (Å²) in [7, 11) is -1.43. The summed E-state index contributed by atoms with van der Waals surface area (Å²) in [6.45, 7) is -0.992. The van der Waals surface area contributed by atoms with Crippen molar-refractivity contribution in [3.05, 3.63) is 0 Å². The summed E-state index contributed by atoms with van der Waals surface area (Å²) >= 11 is 0. The molecule has 0 aromatic rings. The molecule has 0 spiro atoms. The van der Waals surface area contributed by atoms with Gasteiger partial charge in [0.2, 0.25) is 0 Å². The smallest absolute Gasteiger partial charge is 0.422 e. The summed E-state index contributed by atoms with van der Waals surface area (Å²) in [6.07, 6.45) is -4.61. The van der Waals surface area contributed by atoms with Crippen molar-refractivity contribution in [1.82, 2.24) is 10.2 Å². The Morgan fingerprint density at radius 3 is 2.37 bits per heavy atom. The number of carbonyl (C=O) groups is 1. The molecule has 0 saturated heterocycles. The molecule has 19 heavy (non-hydrogen) atoms. The molecule has 0 aromatic heterocycles. The van der Waals surface area contributed by atoms with Gasteiger partial charge in [-0.15, -0.1) is 0 Å². The SMILES string of the molecule is CN(CCNC(=O)OCC(F)(F)F)CCS(C)(=O)=O. The number of amides is 1. The van der Waals surface area contributed by atoms with Gasteiger partial charge in [-0.2, -0.15) is 13.2 Å². The minimum absolute atomic E-state index is 0.0258. The van der Waals surface area contributed by atoms with Crippen molar-refractivity contribution in [2.24, 2.45) is 0 Å². The predicted molar refractivity (Wildman–Crippen MR) is 62.6 cm³/mol. The van der Waals surface area contributed by atoms with E-state index in [-0.39, 0.29) is 18.8 Å². The molecular weight excluding hydrogens is 289 g/mol. The first-order valence-corrected chi connectivity index (χ1v) is 7.39. The van der Waals surface area contributed by atoms with Crippen LogP contribution in [-0.4, -0.2) is 70.9 Å². The van der Waals surface area contributed by atoms with E-state index in [1.165, 1.54) is 0 Å². The molecule has 10 heteroatoms. The van der Waals surface area contributed by atoms with E-state index in [1.54, 1.807) is 11.9 Å². The van der Waals surface area contributed by atoms with E-state index < -0.39 is 28.7 Å². The second-order valence-electron chi connectivity index (χ2n) is 4.05. The highest BCUT2D eigenvalue weighted by atomic mass is 32.2. The molecule has 6 nitrogen and oxygen atoms in total. The molecule has 0 fully saturated rings. The van der Waals surface area contributed by atoms with Crippen LogP contribution in [-0.2, 0) is 14.6 Å². The number of nitrogens with zero attached hydrogens (tertiary/aromatic N) is 1. The molecule has 0 aliphatic carbocycles. The maximum Gasteiger partial charge on any atom is 0.422 e. The number of ether oxygens (including phenoxy) is 1. The van der Waals surface area contributed by atoms with Crippen molar-refractivity contribution in [1.29, 1.82) is 0 Å². The van der Waals surface area contributed by atoms with Gasteiger partial charge >= 0.3 is 12.3 Å². The van der Waals surface area contributed by atoms with Crippen LogP contribution >= 0.6 is 0 Å². The molecular formula is C9H17F3N2O4S. The number of carbonyl (C=O) groups excluding carboxylic acids is 1. The second kappa shape index (κ2) is 7.53. The van der Waals surface area contributed by atoms with Gasteiger partial charge in [-0.3, -0.25) is 0 Å². The van der Waals surface area contributed by atoms with Gasteiger partial charge in [0.15, 0.2) is 6.61 Å². The molecule has 0 rings (SSSR count). The molecule has 0 atom stereocenters. The van der Waals surface area contributed by atoms with E-state index in [4.69, 9.17) is 0 Å². The molecule has 0 saturated carbocycles. The lowest BCUT2D eigenvalue weighted by molar-refractivity contribution is -0.160. The Labute approximate surface area is 109 Å². The van der Waals surface area contributed by atoms with E-state index in [0.717, 1.165) is 6.26 Å². The van der Waals surface area contributed by atoms with E-state index in [2.05, 4.69) is 10.1 Å². The number of likely N-dealkylation sites (N-methyl/N-ethyl adjacent to an activating group) is 1. The highest BCUT2D eigenvalue weighted by molar-refractivity contribution is 7.90. The molecule has 114 valence electrons. The number of rotatable bonds is 7. The molecule has 0 aliphatic rings. The zero-order chi connectivity index (χ0) is 15.1. The molecule has 0 heterocycles. The van der Waals surface area contributed by atoms with Crippen LogP contribution in [0.4, 0.5) is 18.0 Å². The van der Waals surface area contributed by atoms with E-state index in [9.17, 15) is 26.4 Å². The third-order valence-electron chi connectivity index (χ3n) is 1.97. The third-order valence-corrected chi connectivity index (χ3v) is 2.90. The van der Waals surface area contributed by atoms with Crippen LogP contribution in [0.1, 0.15) is 0 Å². The van der Waals surface area contributed by atoms with Crippen molar-refractivity contribution in [3.8, 4) is 0 Å². The summed E-state index contributed by atoms with van der Waals surface area (Å²) in [4.78, 5) is 12.5. The maximum atomic E-state index is 11.7. The minimum Gasteiger partial charge on any atom is -0.440 e. The van der Waals surface area contributed by atoms with Gasteiger partial charge in [-0.25, -0.2) is 13.2 Å². The van der Waals surface area contributed by atoms with Crippen LogP contribution in [0.25, 0.3) is 0 Å². The standard InChI is InChI=1S/C9H17F3N2O4S/c1-14(5-6-19(2,16)17)4-3-13-8(15)18-7-9(10,11)12/h3-7H2,1-2H3,(H,13,15). The highest BCUT2D eigenvalue weighted by Gasteiger charge is 2.29. The molecule has 0 aromatic carbocycles. The van der Waals surface area contributed by atoms with Crippen LogP contribution < -0.4 is 5.32 Å². The minimum atomic E-state index is -4.55. The van der Waals surface area contributed by atoms with Crippen LogP contribution in [0, 0.1) is 0 Å². The number of sulfone groups is 1. The third kappa shape index (κ3) is 13.2. The summed E-state index contributed by atoms with van der Waals surface area (Å²) in [5.74, 6) is -0.0258. The van der Waals surface area contributed by atoms with Crippen LogP contribution in [0.3, 0.4) is 0 Å². The quantitative estimate of drug-likeness (QED) is 0.730. The number of alkyl halides is 3. The lowest BCUT2D eigenvalue weighted by Crippen LogP contribution is -2.36. The fourth-order valence-corrected chi connectivity index (χ4v) is 1.62. The number of nitrogens with one attached hydrogen (secondary N) is 1. The largest absolute Gasteiger partial charge is 0.440 e.